The molecule has 2 aromatic rings. The maximum atomic E-state index is 12.0. The standard InChI is InChI=1S/C26H38N2O7S2/c1-18(2)37(33,34)27-15-19(3)20-7-9-21(10-8-20)22-11-13-23(14-12-22)24(29)16-28(36(31)32)17-25(30)35-26(4,5)6/h7-14,18-19,24,27,29H,15-17H2,1-6H3,(H,31,32)/p-1. The smallest absolute Gasteiger partial charge is 0.321 e. The van der Waals surface area contributed by atoms with Gasteiger partial charge in [-0.2, -0.15) is 0 Å². The first kappa shape index (κ1) is 31.1. The number of nitrogens with one attached hydrogen (secondary N) is 1. The first-order valence-corrected chi connectivity index (χ1v) is 14.6. The van der Waals surface area contributed by atoms with Gasteiger partial charge in [0.25, 0.3) is 0 Å². The molecule has 9 nitrogen and oxygen atoms in total. The molecule has 0 saturated heterocycles. The summed E-state index contributed by atoms with van der Waals surface area (Å²) >= 11 is -2.71. The van der Waals surface area contributed by atoms with Crippen molar-refractivity contribution in [2.45, 2.75) is 64.4 Å². The van der Waals surface area contributed by atoms with Crippen LogP contribution in [0, 0.1) is 0 Å². The van der Waals surface area contributed by atoms with E-state index in [0.717, 1.165) is 21.0 Å². The van der Waals surface area contributed by atoms with Gasteiger partial charge in [0.2, 0.25) is 10.0 Å². The molecule has 0 bridgehead atoms. The van der Waals surface area contributed by atoms with Crippen LogP contribution in [-0.2, 0) is 30.8 Å². The van der Waals surface area contributed by atoms with Crippen LogP contribution in [0.15, 0.2) is 48.5 Å². The van der Waals surface area contributed by atoms with Gasteiger partial charge < -0.3 is 14.4 Å². The Labute approximate surface area is 222 Å². The summed E-state index contributed by atoms with van der Waals surface area (Å²) in [6, 6.07) is 14.8. The average Bonchev–Trinajstić information content (AvgIpc) is 2.81. The zero-order chi connectivity index (χ0) is 28.0. The largest absolute Gasteiger partial charge is 0.760 e. The Morgan fingerprint density at radius 1 is 1.03 bits per heavy atom. The summed E-state index contributed by atoms with van der Waals surface area (Å²) in [5, 5.41) is 10.1. The number of carbonyl (C=O) groups excluding carboxylic acids is 1. The second-order valence-electron chi connectivity index (χ2n) is 10.2. The first-order valence-electron chi connectivity index (χ1n) is 12.0. The summed E-state index contributed by atoms with van der Waals surface area (Å²) in [4.78, 5) is 12.0. The van der Waals surface area contributed by atoms with Gasteiger partial charge in [-0.3, -0.25) is 9.00 Å². The Morgan fingerprint density at radius 3 is 1.95 bits per heavy atom. The number of carbonyl (C=O) groups is 1. The number of aliphatic hydroxyl groups is 1. The molecular weight excluding hydrogens is 516 g/mol. The van der Waals surface area contributed by atoms with Gasteiger partial charge in [-0.1, -0.05) is 55.5 Å². The van der Waals surface area contributed by atoms with Gasteiger partial charge in [0.1, 0.15) is 12.1 Å². The van der Waals surface area contributed by atoms with Crippen LogP contribution in [0.4, 0.5) is 0 Å². The highest BCUT2D eigenvalue weighted by Crippen LogP contribution is 2.25. The normalized spacial score (nSPS) is 15.0. The minimum Gasteiger partial charge on any atom is -0.760 e. The summed E-state index contributed by atoms with van der Waals surface area (Å²) in [7, 11) is -3.32. The van der Waals surface area contributed by atoms with E-state index in [4.69, 9.17) is 4.74 Å². The number of esters is 1. The van der Waals surface area contributed by atoms with Gasteiger partial charge in [-0.25, -0.2) is 17.4 Å². The molecule has 206 valence electrons. The van der Waals surface area contributed by atoms with E-state index in [0.29, 0.717) is 12.1 Å². The molecule has 0 amide bonds. The molecule has 0 aliphatic rings. The second-order valence-corrected chi connectivity index (χ2v) is 13.5. The van der Waals surface area contributed by atoms with E-state index in [1.807, 2.05) is 43.3 Å². The summed E-state index contributed by atoms with van der Waals surface area (Å²) in [6.07, 6.45) is -1.13. The maximum Gasteiger partial charge on any atom is 0.321 e. The fourth-order valence-electron chi connectivity index (χ4n) is 3.42. The van der Waals surface area contributed by atoms with Gasteiger partial charge in [-0.05, 0) is 62.8 Å². The van der Waals surface area contributed by atoms with E-state index in [1.54, 1.807) is 46.8 Å². The van der Waals surface area contributed by atoms with E-state index in [1.165, 1.54) is 0 Å². The van der Waals surface area contributed by atoms with Gasteiger partial charge in [0.05, 0.1) is 11.4 Å². The highest BCUT2D eigenvalue weighted by molar-refractivity contribution is 7.90. The zero-order valence-corrected chi connectivity index (χ0v) is 23.8. The summed E-state index contributed by atoms with van der Waals surface area (Å²) < 4.78 is 55.8. The minimum absolute atomic E-state index is 0.00436. The van der Waals surface area contributed by atoms with Crippen molar-refractivity contribution in [1.29, 1.82) is 0 Å². The number of benzene rings is 2. The second kappa shape index (κ2) is 13.1. The molecule has 0 aliphatic heterocycles. The Bertz CT molecular complexity index is 1160. The van der Waals surface area contributed by atoms with Crippen LogP contribution < -0.4 is 4.72 Å². The van der Waals surface area contributed by atoms with Crippen molar-refractivity contribution in [3.63, 3.8) is 0 Å². The van der Waals surface area contributed by atoms with Crippen molar-refractivity contribution in [3.05, 3.63) is 59.7 Å². The quantitative estimate of drug-likeness (QED) is 0.304. The molecule has 0 fully saturated rings. The Kier molecular flexibility index (Phi) is 11.0. The van der Waals surface area contributed by atoms with Gasteiger partial charge in [-0.15, -0.1) is 0 Å². The van der Waals surface area contributed by atoms with E-state index in [2.05, 4.69) is 4.72 Å². The van der Waals surface area contributed by atoms with Crippen molar-refractivity contribution >= 4 is 27.3 Å². The molecule has 2 rings (SSSR count). The van der Waals surface area contributed by atoms with E-state index in [9.17, 15) is 27.1 Å². The van der Waals surface area contributed by atoms with Crippen LogP contribution >= 0.6 is 0 Å². The number of rotatable bonds is 12. The van der Waals surface area contributed by atoms with Crippen LogP contribution in [-0.4, -0.2) is 63.0 Å². The predicted molar refractivity (Wildman–Crippen MR) is 144 cm³/mol. The SMILES string of the molecule is CC(CNS(=O)(=O)C(C)C)c1ccc(-c2ccc(C(O)CN(CC(=O)OC(C)(C)C)S(=O)[O-])cc2)cc1. The number of ether oxygens (including phenoxy) is 1. The maximum absolute atomic E-state index is 12.0. The molecule has 2 N–H and O–H groups in total. The van der Waals surface area contributed by atoms with Gasteiger partial charge >= 0.3 is 5.97 Å². The minimum atomic E-state index is -3.32. The predicted octanol–water partition coefficient (Wildman–Crippen LogP) is 3.26. The van der Waals surface area contributed by atoms with Crippen molar-refractivity contribution < 1.29 is 31.8 Å². The molecule has 0 spiro atoms. The molecule has 0 radical (unpaired) electrons. The molecule has 3 atom stereocenters. The van der Waals surface area contributed by atoms with Crippen LogP contribution in [0.2, 0.25) is 0 Å². The molecule has 3 unspecified atom stereocenters. The third kappa shape index (κ3) is 9.91. The number of hydrogen-bond acceptors (Lipinski definition) is 7. The number of nitrogens with zero attached hydrogens (tertiary/aromatic N) is 1. The molecule has 0 saturated carbocycles. The van der Waals surface area contributed by atoms with Crippen molar-refractivity contribution in [1.82, 2.24) is 9.03 Å². The molecule has 11 heteroatoms. The lowest BCUT2D eigenvalue weighted by Crippen LogP contribution is -2.38. The topological polar surface area (TPSA) is 136 Å². The molecule has 0 aliphatic carbocycles. The number of hydrogen-bond donors (Lipinski definition) is 2. The summed E-state index contributed by atoms with van der Waals surface area (Å²) in [5.41, 5.74) is 2.59. The third-order valence-corrected chi connectivity index (χ3v) is 8.14. The van der Waals surface area contributed by atoms with Gasteiger partial charge in [0.15, 0.2) is 0 Å². The lowest BCUT2D eigenvalue weighted by atomic mass is 9.97. The first-order chi connectivity index (χ1) is 17.1. The van der Waals surface area contributed by atoms with Crippen molar-refractivity contribution in [2.75, 3.05) is 19.6 Å². The Balaban J connectivity index is 2.03. The molecule has 2 aromatic carbocycles. The highest BCUT2D eigenvalue weighted by Gasteiger charge is 2.22. The molecule has 0 heterocycles. The average molecular weight is 554 g/mol. The van der Waals surface area contributed by atoms with Crippen LogP contribution in [0.1, 0.15) is 64.7 Å². The van der Waals surface area contributed by atoms with Crippen molar-refractivity contribution in [2.24, 2.45) is 0 Å². The fourth-order valence-corrected chi connectivity index (χ4v) is 4.71. The number of aliphatic hydroxyl groups excluding tert-OH is 1. The third-order valence-electron chi connectivity index (χ3n) is 5.63. The Hall–Kier alpha value is -2.15. The lowest BCUT2D eigenvalue weighted by Gasteiger charge is -2.27. The van der Waals surface area contributed by atoms with E-state index < -0.39 is 50.8 Å². The summed E-state index contributed by atoms with van der Waals surface area (Å²) in [6.45, 7) is 9.81. The number of sulfonamides is 1. The molecule has 0 aromatic heterocycles. The van der Waals surface area contributed by atoms with Crippen molar-refractivity contribution in [3.8, 4) is 11.1 Å². The molecular formula is C26H37N2O7S2-. The lowest BCUT2D eigenvalue weighted by molar-refractivity contribution is -0.155. The zero-order valence-electron chi connectivity index (χ0n) is 22.1. The van der Waals surface area contributed by atoms with Gasteiger partial charge in [0, 0.05) is 24.4 Å². The Morgan fingerprint density at radius 2 is 1.51 bits per heavy atom. The van der Waals surface area contributed by atoms with Crippen LogP contribution in [0.5, 0.6) is 0 Å². The fraction of sp³-hybridized carbons (Fsp3) is 0.500. The van der Waals surface area contributed by atoms with E-state index in [-0.39, 0.29) is 12.5 Å². The van der Waals surface area contributed by atoms with Crippen LogP contribution in [0.25, 0.3) is 11.1 Å². The summed E-state index contributed by atoms with van der Waals surface area (Å²) in [5.74, 6) is -0.704. The highest BCUT2D eigenvalue weighted by atomic mass is 32.2. The van der Waals surface area contributed by atoms with Crippen LogP contribution in [0.3, 0.4) is 0 Å². The molecule has 37 heavy (non-hydrogen) atoms. The monoisotopic (exact) mass is 553 g/mol. The van der Waals surface area contributed by atoms with E-state index >= 15 is 0 Å².